The lowest BCUT2D eigenvalue weighted by molar-refractivity contribution is 0.788. The van der Waals surface area contributed by atoms with Crippen LogP contribution in [-0.4, -0.2) is 29.5 Å². The predicted molar refractivity (Wildman–Crippen MR) is 118 cm³/mol. The smallest absolute Gasteiger partial charge is 0.191 e. The highest BCUT2D eigenvalue weighted by Gasteiger charge is 2.06. The molecule has 0 unspecified atom stereocenters. The maximum Gasteiger partial charge on any atom is 0.191 e. The summed E-state index contributed by atoms with van der Waals surface area (Å²) in [6, 6.07) is 18.6. The Kier molecular flexibility index (Phi) is 5.68. The van der Waals surface area contributed by atoms with Gasteiger partial charge >= 0.3 is 0 Å². The van der Waals surface area contributed by atoms with Gasteiger partial charge in [-0.2, -0.15) is 0 Å². The zero-order valence-corrected chi connectivity index (χ0v) is 16.6. The topological polar surface area (TPSA) is 65.1 Å². The molecule has 4 rings (SSSR count). The average molecular weight is 390 g/mol. The van der Waals surface area contributed by atoms with Gasteiger partial charge in [0.1, 0.15) is 5.01 Å². The number of aromatic amines is 1. The van der Waals surface area contributed by atoms with Gasteiger partial charge < -0.3 is 15.6 Å². The first-order chi connectivity index (χ1) is 13.8. The van der Waals surface area contributed by atoms with E-state index < -0.39 is 0 Å². The van der Waals surface area contributed by atoms with E-state index in [9.17, 15) is 0 Å². The van der Waals surface area contributed by atoms with Crippen LogP contribution in [0, 0.1) is 0 Å². The van der Waals surface area contributed by atoms with Gasteiger partial charge in [0.15, 0.2) is 5.96 Å². The molecule has 0 radical (unpaired) electrons. The number of H-pyrrole nitrogens is 1. The molecule has 0 spiro atoms. The Labute approximate surface area is 168 Å². The van der Waals surface area contributed by atoms with Gasteiger partial charge in [-0.25, -0.2) is 4.98 Å². The van der Waals surface area contributed by atoms with Crippen LogP contribution in [0.25, 0.3) is 21.5 Å². The molecule has 6 heteroatoms. The maximum absolute atomic E-state index is 4.71. The van der Waals surface area contributed by atoms with E-state index in [-0.39, 0.29) is 0 Å². The summed E-state index contributed by atoms with van der Waals surface area (Å²) in [6.45, 7) is 1.46. The van der Waals surface area contributed by atoms with Crippen molar-refractivity contribution in [3.05, 3.63) is 77.4 Å². The molecule has 0 saturated heterocycles. The number of aliphatic imine (C=N–C) groups is 1. The number of nitrogens with zero attached hydrogens (tertiary/aromatic N) is 2. The second-order valence-electron chi connectivity index (χ2n) is 6.47. The van der Waals surface area contributed by atoms with Crippen molar-refractivity contribution in [3.63, 3.8) is 0 Å². The van der Waals surface area contributed by atoms with Gasteiger partial charge in [-0.1, -0.05) is 48.5 Å². The van der Waals surface area contributed by atoms with Crippen molar-refractivity contribution in [2.75, 3.05) is 13.6 Å². The van der Waals surface area contributed by atoms with Gasteiger partial charge in [-0.15, -0.1) is 11.3 Å². The summed E-state index contributed by atoms with van der Waals surface area (Å²) in [4.78, 5) is 12.3. The van der Waals surface area contributed by atoms with Crippen molar-refractivity contribution in [1.29, 1.82) is 0 Å². The molecule has 0 atom stereocenters. The molecule has 0 amide bonds. The van der Waals surface area contributed by atoms with E-state index in [1.807, 2.05) is 24.3 Å². The molecule has 5 nitrogen and oxygen atoms in total. The van der Waals surface area contributed by atoms with Crippen LogP contribution < -0.4 is 10.6 Å². The normalized spacial score (nSPS) is 11.7. The molecule has 0 aliphatic rings. The van der Waals surface area contributed by atoms with Gasteiger partial charge in [0.25, 0.3) is 0 Å². The van der Waals surface area contributed by atoms with Crippen molar-refractivity contribution in [3.8, 4) is 10.6 Å². The van der Waals surface area contributed by atoms with Crippen LogP contribution in [0.3, 0.4) is 0 Å². The average Bonchev–Trinajstić information content (AvgIpc) is 3.39. The Morgan fingerprint density at radius 1 is 1.07 bits per heavy atom. The molecule has 0 saturated carbocycles. The first-order valence-corrected chi connectivity index (χ1v) is 10.2. The lowest BCUT2D eigenvalue weighted by atomic mass is 10.1. The first-order valence-electron chi connectivity index (χ1n) is 9.33. The Morgan fingerprint density at radius 2 is 1.89 bits per heavy atom. The highest BCUT2D eigenvalue weighted by Crippen LogP contribution is 2.23. The predicted octanol–water partition coefficient (Wildman–Crippen LogP) is 4.20. The minimum atomic E-state index is 0.649. The van der Waals surface area contributed by atoms with Crippen LogP contribution in [0.4, 0.5) is 0 Å². The molecule has 0 aliphatic heterocycles. The molecule has 0 aliphatic carbocycles. The van der Waals surface area contributed by atoms with Crippen molar-refractivity contribution in [2.45, 2.75) is 13.0 Å². The van der Waals surface area contributed by atoms with Gasteiger partial charge in [0.2, 0.25) is 0 Å². The number of rotatable bonds is 6. The fourth-order valence-corrected chi connectivity index (χ4v) is 3.98. The summed E-state index contributed by atoms with van der Waals surface area (Å²) >= 11 is 1.66. The van der Waals surface area contributed by atoms with E-state index in [4.69, 9.17) is 4.98 Å². The van der Waals surface area contributed by atoms with E-state index in [0.717, 1.165) is 35.2 Å². The largest absolute Gasteiger partial charge is 0.361 e. The Morgan fingerprint density at radius 3 is 2.75 bits per heavy atom. The number of benzene rings is 2. The molecule has 142 valence electrons. The Hall–Kier alpha value is -3.12. The van der Waals surface area contributed by atoms with E-state index in [0.29, 0.717) is 6.54 Å². The van der Waals surface area contributed by atoms with Crippen LogP contribution >= 0.6 is 11.3 Å². The van der Waals surface area contributed by atoms with Crippen LogP contribution in [0.2, 0.25) is 0 Å². The highest BCUT2D eigenvalue weighted by atomic mass is 32.1. The van der Waals surface area contributed by atoms with Crippen LogP contribution in [0.15, 0.2) is 71.2 Å². The number of guanidine groups is 1. The van der Waals surface area contributed by atoms with Crippen LogP contribution in [0.1, 0.15) is 11.3 Å². The van der Waals surface area contributed by atoms with E-state index >= 15 is 0 Å². The van der Waals surface area contributed by atoms with Crippen molar-refractivity contribution >= 4 is 28.2 Å². The summed E-state index contributed by atoms with van der Waals surface area (Å²) in [5.41, 5.74) is 4.66. The number of fused-ring (bicyclic) bond motifs is 1. The standard InChI is InChI=1S/C22H23N5S/c1-23-22(24-12-11-17-13-25-20-10-6-5-9-19(17)20)26-14-18-15-28-21(27-18)16-7-3-2-4-8-16/h2-10,13,15,25H,11-12,14H2,1H3,(H2,23,24,26). The number of hydrogen-bond acceptors (Lipinski definition) is 3. The number of para-hydroxylation sites is 1. The second-order valence-corrected chi connectivity index (χ2v) is 7.33. The number of aromatic nitrogens is 2. The van der Waals surface area contributed by atoms with E-state index in [2.05, 4.69) is 62.5 Å². The summed E-state index contributed by atoms with van der Waals surface area (Å²) in [5.74, 6) is 0.786. The Balaban J connectivity index is 1.29. The number of thiazole rings is 1. The lowest BCUT2D eigenvalue weighted by Gasteiger charge is -2.10. The fraction of sp³-hybridized carbons (Fsp3) is 0.182. The number of hydrogen-bond donors (Lipinski definition) is 3. The van der Waals surface area contributed by atoms with Gasteiger partial charge in [0, 0.05) is 41.6 Å². The monoisotopic (exact) mass is 389 g/mol. The van der Waals surface area contributed by atoms with Crippen LogP contribution in [-0.2, 0) is 13.0 Å². The summed E-state index contributed by atoms with van der Waals surface area (Å²) in [6.07, 6.45) is 3.02. The summed E-state index contributed by atoms with van der Waals surface area (Å²) < 4.78 is 0. The molecule has 3 N–H and O–H groups in total. The third kappa shape index (κ3) is 4.23. The first kappa shape index (κ1) is 18.3. The van der Waals surface area contributed by atoms with Crippen molar-refractivity contribution in [1.82, 2.24) is 20.6 Å². The SMILES string of the molecule is CN=C(NCCc1c[nH]c2ccccc12)NCc1csc(-c2ccccc2)n1. The zero-order valence-electron chi connectivity index (χ0n) is 15.8. The molecular weight excluding hydrogens is 366 g/mol. The molecule has 2 heterocycles. The van der Waals surface area contributed by atoms with E-state index in [1.165, 1.54) is 16.5 Å². The molecule has 2 aromatic carbocycles. The third-order valence-corrected chi connectivity index (χ3v) is 5.53. The van der Waals surface area contributed by atoms with Gasteiger partial charge in [0.05, 0.1) is 12.2 Å². The number of nitrogens with one attached hydrogen (secondary N) is 3. The summed E-state index contributed by atoms with van der Waals surface area (Å²) in [5, 5.41) is 11.1. The van der Waals surface area contributed by atoms with Crippen molar-refractivity contribution in [2.24, 2.45) is 4.99 Å². The minimum absolute atomic E-state index is 0.649. The maximum atomic E-state index is 4.71. The zero-order chi connectivity index (χ0) is 19.2. The lowest BCUT2D eigenvalue weighted by Crippen LogP contribution is -2.37. The fourth-order valence-electron chi connectivity index (χ4n) is 3.15. The Bertz CT molecular complexity index is 1060. The van der Waals surface area contributed by atoms with Gasteiger partial charge in [-0.3, -0.25) is 4.99 Å². The summed E-state index contributed by atoms with van der Waals surface area (Å²) in [7, 11) is 1.79. The minimum Gasteiger partial charge on any atom is -0.361 e. The molecule has 0 fully saturated rings. The molecule has 28 heavy (non-hydrogen) atoms. The molecule has 4 aromatic rings. The van der Waals surface area contributed by atoms with Crippen LogP contribution in [0.5, 0.6) is 0 Å². The molecular formula is C22H23N5S. The molecule has 0 bridgehead atoms. The third-order valence-electron chi connectivity index (χ3n) is 4.59. The second kappa shape index (κ2) is 8.71. The molecule has 2 aromatic heterocycles. The highest BCUT2D eigenvalue weighted by molar-refractivity contribution is 7.13. The quantitative estimate of drug-likeness (QED) is 0.342. The van der Waals surface area contributed by atoms with Crippen molar-refractivity contribution < 1.29 is 0 Å². The van der Waals surface area contributed by atoms with Gasteiger partial charge in [-0.05, 0) is 18.1 Å². The van der Waals surface area contributed by atoms with E-state index in [1.54, 1.807) is 18.4 Å².